The number of hydrogen-bond donors (Lipinski definition) is 1. The molecule has 3 nitrogen and oxygen atoms in total. The number of nitrogens with zero attached hydrogens (tertiary/aromatic N) is 1. The number of hydrogen-bond acceptors (Lipinski definition) is 3. The fourth-order valence-electron chi connectivity index (χ4n) is 3.26. The summed E-state index contributed by atoms with van der Waals surface area (Å²) >= 11 is 6.46. The monoisotopic (exact) mass is 310 g/mol. The maximum Gasteiger partial charge on any atom is 0.0587 e. The van der Waals surface area contributed by atoms with Gasteiger partial charge in [-0.15, -0.1) is 0 Å². The van der Waals surface area contributed by atoms with Gasteiger partial charge >= 0.3 is 0 Å². The number of nitrogens with one attached hydrogen (secondary N) is 1. The normalized spacial score (nSPS) is 22.0. The van der Waals surface area contributed by atoms with Gasteiger partial charge in [0.05, 0.1) is 6.61 Å². The van der Waals surface area contributed by atoms with E-state index in [9.17, 15) is 0 Å². The Labute approximate surface area is 133 Å². The van der Waals surface area contributed by atoms with Crippen LogP contribution in [-0.2, 0) is 11.3 Å². The van der Waals surface area contributed by atoms with E-state index in [0.717, 1.165) is 24.7 Å². The third kappa shape index (κ3) is 3.91. The molecule has 0 aliphatic carbocycles. The smallest absolute Gasteiger partial charge is 0.0587 e. The molecule has 0 amide bonds. The topological polar surface area (TPSA) is 24.5 Å². The van der Waals surface area contributed by atoms with Crippen LogP contribution in [0.1, 0.15) is 38.7 Å². The van der Waals surface area contributed by atoms with Crippen LogP contribution in [0.2, 0.25) is 5.02 Å². The number of ether oxygens (including phenoxy) is 1. The standard InChI is InChI=1S/C17H27ClN2O/c1-4-14-9-8-13(2)20(14)17-7-5-6-16(18)15(17)12-19-10-11-21-3/h5-7,13-14,19H,4,8-12H2,1-3H3. The van der Waals surface area contributed by atoms with Gasteiger partial charge in [-0.05, 0) is 38.3 Å². The molecule has 0 saturated carbocycles. The molecule has 1 aromatic rings. The van der Waals surface area contributed by atoms with Gasteiger partial charge in [0.25, 0.3) is 0 Å². The molecule has 21 heavy (non-hydrogen) atoms. The summed E-state index contributed by atoms with van der Waals surface area (Å²) in [6.07, 6.45) is 3.73. The van der Waals surface area contributed by atoms with Gasteiger partial charge in [0, 0.05) is 48.6 Å². The van der Waals surface area contributed by atoms with Crippen molar-refractivity contribution in [3.8, 4) is 0 Å². The molecule has 1 aliphatic rings. The highest BCUT2D eigenvalue weighted by Crippen LogP contribution is 2.36. The van der Waals surface area contributed by atoms with Crippen molar-refractivity contribution < 1.29 is 4.74 Å². The Morgan fingerprint density at radius 2 is 2.19 bits per heavy atom. The third-order valence-corrected chi connectivity index (χ3v) is 4.77. The summed E-state index contributed by atoms with van der Waals surface area (Å²) < 4.78 is 5.09. The molecule has 0 bridgehead atoms. The Morgan fingerprint density at radius 3 is 2.90 bits per heavy atom. The zero-order valence-corrected chi connectivity index (χ0v) is 14.1. The van der Waals surface area contributed by atoms with Crippen molar-refractivity contribution >= 4 is 17.3 Å². The van der Waals surface area contributed by atoms with E-state index in [1.807, 2.05) is 6.07 Å². The first kappa shape index (κ1) is 16.6. The lowest BCUT2D eigenvalue weighted by Gasteiger charge is -2.32. The molecule has 0 radical (unpaired) electrons. The van der Waals surface area contributed by atoms with Crippen LogP contribution < -0.4 is 10.2 Å². The predicted octanol–water partition coefficient (Wildman–Crippen LogP) is 3.84. The van der Waals surface area contributed by atoms with Crippen LogP contribution in [0.4, 0.5) is 5.69 Å². The molecule has 2 rings (SSSR count). The molecule has 2 atom stereocenters. The van der Waals surface area contributed by atoms with Crippen LogP contribution in [0.25, 0.3) is 0 Å². The molecule has 2 unspecified atom stereocenters. The minimum Gasteiger partial charge on any atom is -0.383 e. The highest BCUT2D eigenvalue weighted by Gasteiger charge is 2.31. The molecule has 1 aromatic carbocycles. The number of rotatable bonds is 7. The van der Waals surface area contributed by atoms with Gasteiger partial charge in [-0.2, -0.15) is 0 Å². The van der Waals surface area contributed by atoms with E-state index >= 15 is 0 Å². The van der Waals surface area contributed by atoms with Gasteiger partial charge in [-0.1, -0.05) is 24.6 Å². The molecule has 1 N–H and O–H groups in total. The Hall–Kier alpha value is -0.770. The van der Waals surface area contributed by atoms with Crippen molar-refractivity contribution in [2.75, 3.05) is 25.2 Å². The van der Waals surface area contributed by atoms with E-state index < -0.39 is 0 Å². The van der Waals surface area contributed by atoms with Crippen molar-refractivity contribution in [2.45, 2.75) is 51.7 Å². The van der Waals surface area contributed by atoms with Gasteiger partial charge < -0.3 is 15.0 Å². The summed E-state index contributed by atoms with van der Waals surface area (Å²) in [7, 11) is 1.72. The molecule has 0 aromatic heterocycles. The fourth-order valence-corrected chi connectivity index (χ4v) is 3.49. The first-order valence-electron chi connectivity index (χ1n) is 7.94. The first-order chi connectivity index (χ1) is 10.2. The number of halogens is 1. The van der Waals surface area contributed by atoms with Crippen LogP contribution in [0.3, 0.4) is 0 Å². The summed E-state index contributed by atoms with van der Waals surface area (Å²) in [5.74, 6) is 0. The Bertz CT molecular complexity index is 452. The number of benzene rings is 1. The van der Waals surface area contributed by atoms with E-state index in [2.05, 4.69) is 36.2 Å². The minimum absolute atomic E-state index is 0.589. The van der Waals surface area contributed by atoms with Gasteiger partial charge in [-0.25, -0.2) is 0 Å². The lowest BCUT2D eigenvalue weighted by atomic mass is 10.1. The van der Waals surface area contributed by atoms with Crippen LogP contribution in [0.5, 0.6) is 0 Å². The third-order valence-electron chi connectivity index (χ3n) is 4.41. The predicted molar refractivity (Wildman–Crippen MR) is 90.3 cm³/mol. The van der Waals surface area contributed by atoms with Crippen molar-refractivity contribution in [2.24, 2.45) is 0 Å². The van der Waals surface area contributed by atoms with Crippen LogP contribution >= 0.6 is 11.6 Å². The highest BCUT2D eigenvalue weighted by molar-refractivity contribution is 6.31. The van der Waals surface area contributed by atoms with Gasteiger partial charge in [0.2, 0.25) is 0 Å². The second kappa shape index (κ2) is 8.02. The molecule has 1 heterocycles. The fraction of sp³-hybridized carbons (Fsp3) is 0.647. The average Bonchev–Trinajstić information content (AvgIpc) is 2.85. The zero-order chi connectivity index (χ0) is 15.2. The van der Waals surface area contributed by atoms with E-state index in [4.69, 9.17) is 16.3 Å². The van der Waals surface area contributed by atoms with Crippen LogP contribution in [-0.4, -0.2) is 32.3 Å². The summed E-state index contributed by atoms with van der Waals surface area (Å²) in [5.41, 5.74) is 2.51. The van der Waals surface area contributed by atoms with Gasteiger partial charge in [-0.3, -0.25) is 0 Å². The molecule has 0 spiro atoms. The Morgan fingerprint density at radius 1 is 1.38 bits per heavy atom. The minimum atomic E-state index is 0.589. The molecule has 118 valence electrons. The van der Waals surface area contributed by atoms with Crippen molar-refractivity contribution in [1.29, 1.82) is 0 Å². The van der Waals surface area contributed by atoms with Gasteiger partial charge in [0.15, 0.2) is 0 Å². The highest BCUT2D eigenvalue weighted by atomic mass is 35.5. The van der Waals surface area contributed by atoms with Crippen molar-refractivity contribution in [3.63, 3.8) is 0 Å². The lowest BCUT2D eigenvalue weighted by Crippen LogP contribution is -2.35. The van der Waals surface area contributed by atoms with Crippen LogP contribution in [0.15, 0.2) is 18.2 Å². The van der Waals surface area contributed by atoms with E-state index in [0.29, 0.717) is 12.1 Å². The maximum atomic E-state index is 6.46. The van der Waals surface area contributed by atoms with E-state index in [-0.39, 0.29) is 0 Å². The van der Waals surface area contributed by atoms with E-state index in [1.54, 1.807) is 7.11 Å². The molecule has 1 aliphatic heterocycles. The molecular weight excluding hydrogens is 284 g/mol. The molecule has 1 saturated heterocycles. The number of methoxy groups -OCH3 is 1. The first-order valence-corrected chi connectivity index (χ1v) is 8.32. The second-order valence-corrected chi connectivity index (χ2v) is 6.21. The summed E-state index contributed by atoms with van der Waals surface area (Å²) in [6.45, 7) is 6.94. The number of anilines is 1. The SMILES string of the molecule is CCC1CCC(C)N1c1cccc(Cl)c1CNCCOC. The van der Waals surface area contributed by atoms with Crippen molar-refractivity contribution in [3.05, 3.63) is 28.8 Å². The second-order valence-electron chi connectivity index (χ2n) is 5.80. The molecule has 4 heteroatoms. The van der Waals surface area contributed by atoms with Gasteiger partial charge in [0.1, 0.15) is 0 Å². The Balaban J connectivity index is 2.20. The van der Waals surface area contributed by atoms with Crippen LogP contribution in [0, 0.1) is 0 Å². The largest absolute Gasteiger partial charge is 0.383 e. The maximum absolute atomic E-state index is 6.46. The zero-order valence-electron chi connectivity index (χ0n) is 13.4. The Kier molecular flexibility index (Phi) is 6.34. The molecule has 1 fully saturated rings. The summed E-state index contributed by atoms with van der Waals surface area (Å²) in [6, 6.07) is 7.49. The van der Waals surface area contributed by atoms with Crippen molar-refractivity contribution in [1.82, 2.24) is 5.32 Å². The molecular formula is C17H27ClN2O. The van der Waals surface area contributed by atoms with E-state index in [1.165, 1.54) is 30.5 Å². The lowest BCUT2D eigenvalue weighted by molar-refractivity contribution is 0.199. The average molecular weight is 311 g/mol. The summed E-state index contributed by atoms with van der Waals surface area (Å²) in [4.78, 5) is 2.57. The summed E-state index contributed by atoms with van der Waals surface area (Å²) in [5, 5.41) is 4.27. The quantitative estimate of drug-likeness (QED) is 0.774.